The molecule has 0 fully saturated rings. The number of nitrogens with two attached hydrogens (primary N) is 1. The molecule has 0 aliphatic heterocycles. The van der Waals surface area contributed by atoms with Crippen LogP contribution in [0.3, 0.4) is 0 Å². The van der Waals surface area contributed by atoms with Crippen LogP contribution in [0.4, 0.5) is 5.69 Å². The summed E-state index contributed by atoms with van der Waals surface area (Å²) in [6.45, 7) is 1.76. The number of aliphatic hydroxyl groups excluding tert-OH is 1. The minimum Gasteiger partial charge on any atom is -0.484 e. The van der Waals surface area contributed by atoms with E-state index in [9.17, 15) is 4.79 Å². The topological polar surface area (TPSA) is 84.6 Å². The molecule has 0 aliphatic carbocycles. The first kappa shape index (κ1) is 13.3. The minimum absolute atomic E-state index is 0.0654. The van der Waals surface area contributed by atoms with Crippen LogP contribution < -0.4 is 15.8 Å². The fraction of sp³-hybridized carbons (Fsp3) is 0.417. The third-order valence-electron chi connectivity index (χ3n) is 2.33. The number of carbonyl (C=O) groups is 1. The van der Waals surface area contributed by atoms with Crippen LogP contribution >= 0.6 is 0 Å². The fourth-order valence-corrected chi connectivity index (χ4v) is 1.26. The average Bonchev–Trinajstić information content (AvgIpc) is 2.35. The molecule has 1 amide bonds. The van der Waals surface area contributed by atoms with Gasteiger partial charge in [-0.2, -0.15) is 0 Å². The van der Waals surface area contributed by atoms with E-state index in [-0.39, 0.29) is 25.2 Å². The Hall–Kier alpha value is -1.75. The first-order valence-corrected chi connectivity index (χ1v) is 5.54. The summed E-state index contributed by atoms with van der Waals surface area (Å²) < 4.78 is 5.26. The number of nitrogen functional groups attached to an aromatic ring is 1. The second kappa shape index (κ2) is 6.75. The number of hydrogen-bond donors (Lipinski definition) is 3. The Bertz CT molecular complexity index is 347. The van der Waals surface area contributed by atoms with Crippen LogP contribution in [0.1, 0.15) is 13.3 Å². The lowest BCUT2D eigenvalue weighted by molar-refractivity contribution is -0.124. The van der Waals surface area contributed by atoms with Crippen molar-refractivity contribution in [2.45, 2.75) is 19.4 Å². The van der Waals surface area contributed by atoms with Gasteiger partial charge in [0.15, 0.2) is 6.61 Å². The van der Waals surface area contributed by atoms with E-state index in [1.54, 1.807) is 24.3 Å². The molecule has 94 valence electrons. The normalized spacial score (nSPS) is 11.9. The average molecular weight is 238 g/mol. The molecular formula is C12H18N2O3. The Labute approximate surface area is 101 Å². The summed E-state index contributed by atoms with van der Waals surface area (Å²) in [4.78, 5) is 11.4. The third-order valence-corrected chi connectivity index (χ3v) is 2.33. The van der Waals surface area contributed by atoms with Crippen molar-refractivity contribution in [2.75, 3.05) is 18.9 Å². The molecule has 1 aromatic rings. The molecule has 0 saturated carbocycles. The Balaban J connectivity index is 2.35. The molecule has 0 aromatic heterocycles. The maximum absolute atomic E-state index is 11.4. The number of nitrogens with one attached hydrogen (secondary N) is 1. The summed E-state index contributed by atoms with van der Waals surface area (Å²) in [5.74, 6) is 0.342. The van der Waals surface area contributed by atoms with Crippen LogP contribution in [0.15, 0.2) is 24.3 Å². The number of amides is 1. The second-order valence-corrected chi connectivity index (χ2v) is 3.71. The van der Waals surface area contributed by atoms with E-state index in [1.165, 1.54) is 0 Å². The van der Waals surface area contributed by atoms with E-state index < -0.39 is 0 Å². The second-order valence-electron chi connectivity index (χ2n) is 3.71. The molecule has 0 spiro atoms. The van der Waals surface area contributed by atoms with Crippen molar-refractivity contribution in [2.24, 2.45) is 0 Å². The highest BCUT2D eigenvalue weighted by molar-refractivity contribution is 5.77. The van der Waals surface area contributed by atoms with Crippen LogP contribution in [-0.4, -0.2) is 30.3 Å². The highest BCUT2D eigenvalue weighted by Gasteiger charge is 2.09. The van der Waals surface area contributed by atoms with Crippen molar-refractivity contribution in [3.63, 3.8) is 0 Å². The first-order chi connectivity index (χ1) is 8.15. The molecule has 1 atom stereocenters. The number of aliphatic hydroxyl groups is 1. The predicted molar refractivity (Wildman–Crippen MR) is 65.7 cm³/mol. The molecule has 4 N–H and O–H groups in total. The van der Waals surface area contributed by atoms with E-state index in [2.05, 4.69) is 5.32 Å². The van der Waals surface area contributed by atoms with E-state index in [0.717, 1.165) is 0 Å². The highest BCUT2D eigenvalue weighted by Crippen LogP contribution is 2.12. The van der Waals surface area contributed by atoms with Gasteiger partial charge >= 0.3 is 0 Å². The summed E-state index contributed by atoms with van der Waals surface area (Å²) in [6.07, 6.45) is 0.685. The van der Waals surface area contributed by atoms with Crippen molar-refractivity contribution < 1.29 is 14.6 Å². The zero-order valence-electron chi connectivity index (χ0n) is 9.85. The SMILES string of the molecule is CC[C@H](CO)NC(=O)COc1ccc(N)cc1. The van der Waals surface area contributed by atoms with Crippen LogP contribution in [0, 0.1) is 0 Å². The molecule has 0 bridgehead atoms. The maximum atomic E-state index is 11.4. The number of anilines is 1. The molecule has 0 heterocycles. The summed E-state index contributed by atoms with van der Waals surface area (Å²) in [5.41, 5.74) is 6.17. The van der Waals surface area contributed by atoms with Crippen molar-refractivity contribution >= 4 is 11.6 Å². The monoisotopic (exact) mass is 238 g/mol. The van der Waals surface area contributed by atoms with Crippen LogP contribution in [0.2, 0.25) is 0 Å². The summed E-state index contributed by atoms with van der Waals surface area (Å²) in [6, 6.07) is 6.60. The number of benzene rings is 1. The molecule has 5 nitrogen and oxygen atoms in total. The van der Waals surface area contributed by atoms with Crippen molar-refractivity contribution in [1.29, 1.82) is 0 Å². The number of hydrogen-bond acceptors (Lipinski definition) is 4. The fourth-order valence-electron chi connectivity index (χ4n) is 1.26. The molecule has 17 heavy (non-hydrogen) atoms. The van der Waals surface area contributed by atoms with E-state index in [0.29, 0.717) is 17.9 Å². The molecule has 1 aromatic carbocycles. The summed E-state index contributed by atoms with van der Waals surface area (Å²) in [7, 11) is 0. The van der Waals surface area contributed by atoms with Gasteiger partial charge in [-0.1, -0.05) is 6.92 Å². The smallest absolute Gasteiger partial charge is 0.258 e. The zero-order chi connectivity index (χ0) is 12.7. The van der Waals surface area contributed by atoms with Gasteiger partial charge in [-0.05, 0) is 30.7 Å². The number of ether oxygens (including phenoxy) is 1. The lowest BCUT2D eigenvalue weighted by Crippen LogP contribution is -2.39. The highest BCUT2D eigenvalue weighted by atomic mass is 16.5. The summed E-state index contributed by atoms with van der Waals surface area (Å²) >= 11 is 0. The van der Waals surface area contributed by atoms with Gasteiger partial charge in [0, 0.05) is 5.69 Å². The number of rotatable bonds is 6. The third kappa shape index (κ3) is 4.74. The first-order valence-electron chi connectivity index (χ1n) is 5.54. The zero-order valence-corrected chi connectivity index (χ0v) is 9.85. The molecule has 0 radical (unpaired) electrons. The number of carbonyl (C=O) groups excluding carboxylic acids is 1. The summed E-state index contributed by atoms with van der Waals surface area (Å²) in [5, 5.41) is 11.6. The van der Waals surface area contributed by atoms with Gasteiger partial charge in [0.2, 0.25) is 0 Å². The van der Waals surface area contributed by atoms with Gasteiger partial charge in [0.05, 0.1) is 12.6 Å². The Morgan fingerprint density at radius 3 is 2.65 bits per heavy atom. The van der Waals surface area contributed by atoms with Crippen molar-refractivity contribution in [3.05, 3.63) is 24.3 Å². The molecule has 5 heteroatoms. The Kier molecular flexibility index (Phi) is 5.29. The van der Waals surface area contributed by atoms with Crippen LogP contribution in [-0.2, 0) is 4.79 Å². The predicted octanol–water partition coefficient (Wildman–Crippen LogP) is 0.535. The van der Waals surface area contributed by atoms with Crippen molar-refractivity contribution in [1.82, 2.24) is 5.32 Å². The lowest BCUT2D eigenvalue weighted by Gasteiger charge is -2.14. The van der Waals surface area contributed by atoms with Gasteiger partial charge in [-0.25, -0.2) is 0 Å². The molecule has 0 aliphatic rings. The maximum Gasteiger partial charge on any atom is 0.258 e. The van der Waals surface area contributed by atoms with Crippen molar-refractivity contribution in [3.8, 4) is 5.75 Å². The van der Waals surface area contributed by atoms with Gasteiger partial charge < -0.3 is 20.9 Å². The van der Waals surface area contributed by atoms with Gasteiger partial charge in [0.25, 0.3) is 5.91 Å². The molecule has 0 saturated heterocycles. The minimum atomic E-state index is -0.247. The van der Waals surface area contributed by atoms with Gasteiger partial charge in [-0.15, -0.1) is 0 Å². The van der Waals surface area contributed by atoms with Crippen LogP contribution in [0.25, 0.3) is 0 Å². The quantitative estimate of drug-likeness (QED) is 0.631. The van der Waals surface area contributed by atoms with Gasteiger partial charge in [-0.3, -0.25) is 4.79 Å². The molecule has 0 unspecified atom stereocenters. The van der Waals surface area contributed by atoms with Gasteiger partial charge in [0.1, 0.15) is 5.75 Å². The van der Waals surface area contributed by atoms with E-state index >= 15 is 0 Å². The lowest BCUT2D eigenvalue weighted by atomic mass is 10.2. The van der Waals surface area contributed by atoms with E-state index in [4.69, 9.17) is 15.6 Å². The van der Waals surface area contributed by atoms with Crippen LogP contribution in [0.5, 0.6) is 5.75 Å². The molecular weight excluding hydrogens is 220 g/mol. The largest absolute Gasteiger partial charge is 0.484 e. The van der Waals surface area contributed by atoms with E-state index in [1.807, 2.05) is 6.92 Å². The standard InChI is InChI=1S/C12H18N2O3/c1-2-10(7-15)14-12(16)8-17-11-5-3-9(13)4-6-11/h3-6,10,15H,2,7-8,13H2,1H3,(H,14,16)/t10-/m1/s1. The Morgan fingerprint density at radius 2 is 2.12 bits per heavy atom. The molecule has 1 rings (SSSR count). The Morgan fingerprint density at radius 1 is 1.47 bits per heavy atom.